The molecular formula is C16H21NO3. The van der Waals surface area contributed by atoms with Crippen molar-refractivity contribution in [1.82, 2.24) is 5.32 Å². The van der Waals surface area contributed by atoms with Gasteiger partial charge in [-0.15, -0.1) is 0 Å². The zero-order valence-electron chi connectivity index (χ0n) is 12.1. The summed E-state index contributed by atoms with van der Waals surface area (Å²) in [6.07, 6.45) is 1.23. The Bertz CT molecular complexity index is 486. The highest BCUT2D eigenvalue weighted by molar-refractivity contribution is 5.82. The van der Waals surface area contributed by atoms with Crippen LogP contribution in [0, 0.1) is 5.92 Å². The third-order valence-electron chi connectivity index (χ3n) is 3.67. The highest BCUT2D eigenvalue weighted by Gasteiger charge is 2.48. The lowest BCUT2D eigenvalue weighted by molar-refractivity contribution is -0.154. The molecule has 1 aliphatic rings. The second-order valence-corrected chi connectivity index (χ2v) is 5.82. The van der Waals surface area contributed by atoms with Gasteiger partial charge in [0.15, 0.2) is 0 Å². The van der Waals surface area contributed by atoms with E-state index in [4.69, 9.17) is 4.74 Å². The van der Waals surface area contributed by atoms with Gasteiger partial charge in [0.25, 0.3) is 0 Å². The Hall–Kier alpha value is -1.68. The molecule has 0 radical (unpaired) electrons. The van der Waals surface area contributed by atoms with Crippen molar-refractivity contribution in [2.45, 2.75) is 44.9 Å². The number of esters is 1. The standard InChI is InChI=1S/C16H21NO3/c1-11(2)20-15(19)16(3)9-13(10-18)14(17-16)12-7-5-4-6-8-12/h4-8,10-11,13-14,17H,9H2,1-3H3/t13-,14+,16?/m0/s1. The fourth-order valence-corrected chi connectivity index (χ4v) is 2.70. The molecule has 1 aliphatic heterocycles. The van der Waals surface area contributed by atoms with Crippen molar-refractivity contribution in [2.24, 2.45) is 5.92 Å². The molecule has 1 unspecified atom stereocenters. The number of carbonyl (C=O) groups excluding carboxylic acids is 2. The lowest BCUT2D eigenvalue weighted by Gasteiger charge is -2.25. The fourth-order valence-electron chi connectivity index (χ4n) is 2.70. The van der Waals surface area contributed by atoms with E-state index in [0.717, 1.165) is 11.8 Å². The summed E-state index contributed by atoms with van der Waals surface area (Å²) in [6.45, 7) is 5.45. The van der Waals surface area contributed by atoms with E-state index in [9.17, 15) is 9.59 Å². The zero-order valence-corrected chi connectivity index (χ0v) is 12.1. The van der Waals surface area contributed by atoms with Crippen LogP contribution in [0.2, 0.25) is 0 Å². The molecule has 1 N–H and O–H groups in total. The normalized spacial score (nSPS) is 29.4. The third-order valence-corrected chi connectivity index (χ3v) is 3.67. The van der Waals surface area contributed by atoms with Crippen LogP contribution in [0.15, 0.2) is 30.3 Å². The molecule has 0 amide bonds. The number of ether oxygens (including phenoxy) is 1. The predicted molar refractivity (Wildman–Crippen MR) is 76.1 cm³/mol. The van der Waals surface area contributed by atoms with E-state index in [0.29, 0.717) is 6.42 Å². The summed E-state index contributed by atoms with van der Waals surface area (Å²) in [6, 6.07) is 9.59. The molecule has 20 heavy (non-hydrogen) atoms. The number of hydrogen-bond donors (Lipinski definition) is 1. The van der Waals surface area contributed by atoms with Crippen molar-refractivity contribution in [3.8, 4) is 0 Å². The molecule has 1 aromatic rings. The molecule has 2 rings (SSSR count). The Morgan fingerprint density at radius 3 is 2.60 bits per heavy atom. The topological polar surface area (TPSA) is 55.4 Å². The summed E-state index contributed by atoms with van der Waals surface area (Å²) in [5.41, 5.74) is 0.210. The van der Waals surface area contributed by atoms with Gasteiger partial charge in [0, 0.05) is 12.0 Å². The lowest BCUT2D eigenvalue weighted by Crippen LogP contribution is -2.47. The van der Waals surface area contributed by atoms with Gasteiger partial charge in [0.2, 0.25) is 0 Å². The molecule has 4 heteroatoms. The molecule has 0 aromatic heterocycles. The van der Waals surface area contributed by atoms with Crippen LogP contribution < -0.4 is 5.32 Å². The Kier molecular flexibility index (Phi) is 4.23. The molecule has 1 heterocycles. The summed E-state index contributed by atoms with van der Waals surface area (Å²) in [5, 5.41) is 3.28. The Morgan fingerprint density at radius 1 is 1.40 bits per heavy atom. The molecular weight excluding hydrogens is 254 g/mol. The first kappa shape index (κ1) is 14.7. The Balaban J connectivity index is 2.21. The maximum absolute atomic E-state index is 12.2. The molecule has 1 aromatic carbocycles. The largest absolute Gasteiger partial charge is 0.462 e. The number of benzene rings is 1. The number of aldehydes is 1. The van der Waals surface area contributed by atoms with Crippen LogP contribution in [0.5, 0.6) is 0 Å². The number of hydrogen-bond acceptors (Lipinski definition) is 4. The molecule has 0 aliphatic carbocycles. The molecule has 108 valence electrons. The van der Waals surface area contributed by atoms with E-state index >= 15 is 0 Å². The molecule has 1 fully saturated rings. The maximum atomic E-state index is 12.2. The quantitative estimate of drug-likeness (QED) is 0.676. The average molecular weight is 275 g/mol. The molecule has 4 nitrogen and oxygen atoms in total. The van der Waals surface area contributed by atoms with Crippen molar-refractivity contribution in [1.29, 1.82) is 0 Å². The molecule has 0 saturated carbocycles. The highest BCUT2D eigenvalue weighted by Crippen LogP contribution is 2.37. The van der Waals surface area contributed by atoms with Crippen LogP contribution in [0.1, 0.15) is 38.8 Å². The van der Waals surface area contributed by atoms with E-state index in [-0.39, 0.29) is 24.0 Å². The van der Waals surface area contributed by atoms with Crippen molar-refractivity contribution in [3.63, 3.8) is 0 Å². The minimum atomic E-state index is -0.809. The highest BCUT2D eigenvalue weighted by atomic mass is 16.5. The van der Waals surface area contributed by atoms with Crippen molar-refractivity contribution in [3.05, 3.63) is 35.9 Å². The smallest absolute Gasteiger partial charge is 0.326 e. The predicted octanol–water partition coefficient (Wildman–Crippen LogP) is 2.25. The van der Waals surface area contributed by atoms with E-state index in [1.807, 2.05) is 44.2 Å². The molecule has 1 saturated heterocycles. The SMILES string of the molecule is CC(C)OC(=O)C1(C)C[C@@H](C=O)[C@@H](c2ccccc2)N1. The van der Waals surface area contributed by atoms with Crippen molar-refractivity contribution < 1.29 is 14.3 Å². The first-order valence-corrected chi connectivity index (χ1v) is 6.95. The summed E-state index contributed by atoms with van der Waals surface area (Å²) in [5.74, 6) is -0.514. The molecule has 0 bridgehead atoms. The van der Waals surface area contributed by atoms with E-state index in [2.05, 4.69) is 5.32 Å². The first-order valence-electron chi connectivity index (χ1n) is 6.95. The van der Waals surface area contributed by atoms with Crippen LogP contribution in [0.25, 0.3) is 0 Å². The molecule has 0 spiro atoms. The van der Waals surface area contributed by atoms with Crippen molar-refractivity contribution in [2.75, 3.05) is 0 Å². The van der Waals surface area contributed by atoms with Crippen molar-refractivity contribution >= 4 is 12.3 Å². The monoisotopic (exact) mass is 275 g/mol. The van der Waals surface area contributed by atoms with Gasteiger partial charge < -0.3 is 9.53 Å². The summed E-state index contributed by atoms with van der Waals surface area (Å²) >= 11 is 0. The number of nitrogens with one attached hydrogen (secondary N) is 1. The van der Waals surface area contributed by atoms with Gasteiger partial charge in [-0.2, -0.15) is 0 Å². The third kappa shape index (κ3) is 2.90. The maximum Gasteiger partial charge on any atom is 0.326 e. The Labute approximate surface area is 119 Å². The van der Waals surface area contributed by atoms with Crippen LogP contribution in [-0.2, 0) is 14.3 Å². The Morgan fingerprint density at radius 2 is 2.05 bits per heavy atom. The minimum Gasteiger partial charge on any atom is -0.462 e. The number of carbonyl (C=O) groups is 2. The second kappa shape index (κ2) is 5.75. The zero-order chi connectivity index (χ0) is 14.8. The number of rotatable bonds is 4. The summed E-state index contributed by atoms with van der Waals surface area (Å²) < 4.78 is 5.30. The van der Waals surface area contributed by atoms with E-state index in [1.165, 1.54) is 0 Å². The van der Waals surface area contributed by atoms with Gasteiger partial charge in [-0.3, -0.25) is 10.1 Å². The van der Waals surface area contributed by atoms with Gasteiger partial charge in [-0.05, 0) is 32.8 Å². The van der Waals surface area contributed by atoms with Gasteiger partial charge in [-0.1, -0.05) is 30.3 Å². The second-order valence-electron chi connectivity index (χ2n) is 5.82. The van der Waals surface area contributed by atoms with Crippen LogP contribution >= 0.6 is 0 Å². The van der Waals surface area contributed by atoms with Gasteiger partial charge in [0.05, 0.1) is 6.10 Å². The van der Waals surface area contributed by atoms with Gasteiger partial charge in [0.1, 0.15) is 11.8 Å². The van der Waals surface area contributed by atoms with Crippen LogP contribution in [0.3, 0.4) is 0 Å². The van der Waals surface area contributed by atoms with E-state index in [1.54, 1.807) is 6.92 Å². The van der Waals surface area contributed by atoms with E-state index < -0.39 is 5.54 Å². The van der Waals surface area contributed by atoms with Crippen LogP contribution in [0.4, 0.5) is 0 Å². The fraction of sp³-hybridized carbons (Fsp3) is 0.500. The molecule has 3 atom stereocenters. The summed E-state index contributed by atoms with van der Waals surface area (Å²) in [4.78, 5) is 23.5. The van der Waals surface area contributed by atoms with Gasteiger partial charge >= 0.3 is 5.97 Å². The van der Waals surface area contributed by atoms with Crippen LogP contribution in [-0.4, -0.2) is 23.9 Å². The lowest BCUT2D eigenvalue weighted by atomic mass is 9.91. The minimum absolute atomic E-state index is 0.140. The summed E-state index contributed by atoms with van der Waals surface area (Å²) in [7, 11) is 0. The van der Waals surface area contributed by atoms with Gasteiger partial charge in [-0.25, -0.2) is 0 Å². The average Bonchev–Trinajstić information content (AvgIpc) is 2.78. The first-order chi connectivity index (χ1) is 9.46.